The van der Waals surface area contributed by atoms with E-state index in [4.69, 9.17) is 10.5 Å². The van der Waals surface area contributed by atoms with E-state index in [1.807, 2.05) is 44.2 Å². The van der Waals surface area contributed by atoms with Crippen LogP contribution in [0.5, 0.6) is 5.75 Å². The molecule has 0 radical (unpaired) electrons. The van der Waals surface area contributed by atoms with Crippen molar-refractivity contribution < 1.29 is 9.53 Å². The number of anilines is 2. The molecule has 0 aliphatic heterocycles. The highest BCUT2D eigenvalue weighted by molar-refractivity contribution is 5.96. The molecule has 0 bridgehead atoms. The second kappa shape index (κ2) is 10.00. The Hall–Kier alpha value is -3.81. The van der Waals surface area contributed by atoms with Gasteiger partial charge in [0.15, 0.2) is 5.69 Å². The summed E-state index contributed by atoms with van der Waals surface area (Å²) in [6.45, 7) is 4.35. The van der Waals surface area contributed by atoms with Gasteiger partial charge in [-0.15, -0.1) is 0 Å². The summed E-state index contributed by atoms with van der Waals surface area (Å²) < 4.78 is 6.44. The maximum Gasteiger partial charge on any atom is 0.330 e. The zero-order valence-electron chi connectivity index (χ0n) is 18.5. The number of aromatic amines is 1. The van der Waals surface area contributed by atoms with E-state index in [1.165, 1.54) is 9.47 Å². The second-order valence-corrected chi connectivity index (χ2v) is 7.99. The molecule has 3 rings (SSSR count). The first kappa shape index (κ1) is 22.9. The first-order valence-electron chi connectivity index (χ1n) is 10.4. The van der Waals surface area contributed by atoms with E-state index in [0.717, 1.165) is 11.1 Å². The van der Waals surface area contributed by atoms with Crippen LogP contribution in [-0.4, -0.2) is 29.1 Å². The van der Waals surface area contributed by atoms with Crippen LogP contribution in [0.25, 0.3) is 0 Å². The molecule has 1 aromatic heterocycles. The number of nitrogens with two attached hydrogens (primary N) is 1. The monoisotopic (exact) mass is 436 g/mol. The fraction of sp³-hybridized carbons (Fsp3) is 0.292. The first-order valence-corrected chi connectivity index (χ1v) is 10.4. The Balaban J connectivity index is 2.00. The van der Waals surface area contributed by atoms with E-state index in [2.05, 4.69) is 4.98 Å². The molecule has 0 unspecified atom stereocenters. The number of amides is 1. The minimum absolute atomic E-state index is 0.00672. The van der Waals surface area contributed by atoms with Crippen LogP contribution in [0.4, 0.5) is 11.5 Å². The number of H-pyrrole nitrogens is 1. The van der Waals surface area contributed by atoms with Crippen molar-refractivity contribution in [3.8, 4) is 5.75 Å². The summed E-state index contributed by atoms with van der Waals surface area (Å²) in [4.78, 5) is 42.2. The van der Waals surface area contributed by atoms with E-state index in [1.54, 1.807) is 31.4 Å². The zero-order valence-corrected chi connectivity index (χ0v) is 18.5. The number of ether oxygens (including phenoxy) is 1. The van der Waals surface area contributed by atoms with Gasteiger partial charge in [-0.1, -0.05) is 56.3 Å². The molecule has 0 spiro atoms. The van der Waals surface area contributed by atoms with Gasteiger partial charge in [0.05, 0.1) is 20.1 Å². The molecule has 168 valence electrons. The van der Waals surface area contributed by atoms with E-state index in [9.17, 15) is 14.4 Å². The highest BCUT2D eigenvalue weighted by Crippen LogP contribution is 2.21. The summed E-state index contributed by atoms with van der Waals surface area (Å²) in [6.07, 6.45) is 0.0768. The average Bonchev–Trinajstić information content (AvgIpc) is 2.76. The highest BCUT2D eigenvalue weighted by Gasteiger charge is 2.25. The van der Waals surface area contributed by atoms with Gasteiger partial charge in [0.25, 0.3) is 5.56 Å². The van der Waals surface area contributed by atoms with Gasteiger partial charge in [0, 0.05) is 6.54 Å². The molecule has 3 N–H and O–H groups in total. The molecule has 8 nitrogen and oxygen atoms in total. The van der Waals surface area contributed by atoms with Crippen molar-refractivity contribution in [3.05, 3.63) is 86.6 Å². The summed E-state index contributed by atoms with van der Waals surface area (Å²) in [5.41, 5.74) is 6.63. The van der Waals surface area contributed by atoms with Crippen LogP contribution >= 0.6 is 0 Å². The van der Waals surface area contributed by atoms with Crippen molar-refractivity contribution in [2.45, 2.75) is 26.8 Å². The van der Waals surface area contributed by atoms with Crippen LogP contribution in [0.3, 0.4) is 0 Å². The molecule has 0 aliphatic carbocycles. The number of methoxy groups -OCH3 is 1. The lowest BCUT2D eigenvalue weighted by molar-refractivity contribution is -0.118. The van der Waals surface area contributed by atoms with Crippen LogP contribution in [0.2, 0.25) is 0 Å². The Labute approximate surface area is 186 Å². The summed E-state index contributed by atoms with van der Waals surface area (Å²) in [7, 11) is 1.57. The summed E-state index contributed by atoms with van der Waals surface area (Å²) in [6, 6.07) is 16.4. The fourth-order valence-electron chi connectivity index (χ4n) is 3.46. The van der Waals surface area contributed by atoms with Gasteiger partial charge in [-0.25, -0.2) is 4.79 Å². The number of nitrogens with one attached hydrogen (secondary N) is 1. The molecular formula is C24H28N4O4. The van der Waals surface area contributed by atoms with E-state index in [-0.39, 0.29) is 42.8 Å². The Bertz CT molecular complexity index is 1180. The van der Waals surface area contributed by atoms with E-state index >= 15 is 0 Å². The summed E-state index contributed by atoms with van der Waals surface area (Å²) >= 11 is 0. The van der Waals surface area contributed by atoms with Crippen LogP contribution in [0.15, 0.2) is 64.2 Å². The van der Waals surface area contributed by atoms with Crippen molar-refractivity contribution in [2.75, 3.05) is 24.3 Å². The van der Waals surface area contributed by atoms with Crippen LogP contribution < -0.4 is 26.6 Å². The predicted molar refractivity (Wildman–Crippen MR) is 125 cm³/mol. The number of nitrogen functional groups attached to an aromatic ring is 1. The lowest BCUT2D eigenvalue weighted by atomic mass is 10.1. The number of aromatic nitrogens is 2. The quantitative estimate of drug-likeness (QED) is 0.563. The minimum Gasteiger partial charge on any atom is -0.497 e. The number of carbonyl (C=O) groups is 1. The fourth-order valence-corrected chi connectivity index (χ4v) is 3.46. The van der Waals surface area contributed by atoms with Crippen molar-refractivity contribution in [2.24, 2.45) is 5.92 Å². The normalized spacial score (nSPS) is 10.9. The van der Waals surface area contributed by atoms with Crippen molar-refractivity contribution >= 4 is 17.4 Å². The Morgan fingerprint density at radius 1 is 1.06 bits per heavy atom. The maximum absolute atomic E-state index is 13.3. The number of carbonyl (C=O) groups excluding carboxylic acids is 1. The van der Waals surface area contributed by atoms with Crippen LogP contribution in [-0.2, 0) is 17.8 Å². The molecule has 32 heavy (non-hydrogen) atoms. The molecule has 3 aromatic rings. The largest absolute Gasteiger partial charge is 0.497 e. The van der Waals surface area contributed by atoms with Gasteiger partial charge in [0.1, 0.15) is 11.6 Å². The molecule has 0 saturated heterocycles. The number of benzene rings is 2. The Morgan fingerprint density at radius 2 is 1.72 bits per heavy atom. The van der Waals surface area contributed by atoms with Crippen molar-refractivity contribution in [1.29, 1.82) is 0 Å². The first-order chi connectivity index (χ1) is 15.3. The van der Waals surface area contributed by atoms with E-state index < -0.39 is 11.2 Å². The molecule has 2 aromatic carbocycles. The van der Waals surface area contributed by atoms with E-state index in [0.29, 0.717) is 5.75 Å². The van der Waals surface area contributed by atoms with Crippen LogP contribution in [0, 0.1) is 5.92 Å². The molecular weight excluding hydrogens is 408 g/mol. The van der Waals surface area contributed by atoms with Gasteiger partial charge in [-0.2, -0.15) is 0 Å². The number of nitrogens with zero attached hydrogens (tertiary/aromatic N) is 2. The molecule has 0 fully saturated rings. The SMILES string of the molecule is COc1ccc(CC(=O)N(CC(C)C)c2c(N)n(Cc3ccccc3)c(=O)[nH]c2=O)cc1. The van der Waals surface area contributed by atoms with Crippen molar-refractivity contribution in [1.82, 2.24) is 9.55 Å². The zero-order chi connectivity index (χ0) is 23.3. The third kappa shape index (κ3) is 5.26. The molecule has 0 saturated carbocycles. The molecule has 1 heterocycles. The Kier molecular flexibility index (Phi) is 7.14. The molecule has 1 amide bonds. The standard InChI is InChI=1S/C24H28N4O4/c1-16(2)14-27(20(29)13-17-9-11-19(32-3)12-10-17)21-22(25)28(24(31)26-23(21)30)15-18-7-5-4-6-8-18/h4-12,16H,13-15,25H2,1-3H3,(H,26,30,31). The van der Waals surface area contributed by atoms with Gasteiger partial charge >= 0.3 is 5.69 Å². The molecule has 0 atom stereocenters. The minimum atomic E-state index is -0.680. The average molecular weight is 437 g/mol. The van der Waals surface area contributed by atoms with Crippen molar-refractivity contribution in [3.63, 3.8) is 0 Å². The Morgan fingerprint density at radius 3 is 2.31 bits per heavy atom. The van der Waals surface area contributed by atoms with Gasteiger partial charge in [0.2, 0.25) is 5.91 Å². The molecule has 0 aliphatic rings. The number of hydrogen-bond acceptors (Lipinski definition) is 5. The van der Waals surface area contributed by atoms with Gasteiger partial charge < -0.3 is 15.4 Å². The number of rotatable bonds is 8. The lowest BCUT2D eigenvalue weighted by Crippen LogP contribution is -2.43. The topological polar surface area (TPSA) is 110 Å². The summed E-state index contributed by atoms with van der Waals surface area (Å²) in [5, 5.41) is 0. The smallest absolute Gasteiger partial charge is 0.330 e. The maximum atomic E-state index is 13.3. The third-order valence-electron chi connectivity index (χ3n) is 5.03. The molecule has 8 heteroatoms. The van der Waals surface area contributed by atoms with Crippen LogP contribution in [0.1, 0.15) is 25.0 Å². The predicted octanol–water partition coefficient (Wildman–Crippen LogP) is 2.41. The lowest BCUT2D eigenvalue weighted by Gasteiger charge is -2.26. The number of hydrogen-bond donors (Lipinski definition) is 2. The second-order valence-electron chi connectivity index (χ2n) is 7.99. The highest BCUT2D eigenvalue weighted by atomic mass is 16.5. The van der Waals surface area contributed by atoms with Gasteiger partial charge in [-0.3, -0.25) is 19.1 Å². The summed E-state index contributed by atoms with van der Waals surface area (Å²) in [5.74, 6) is 0.439. The van der Waals surface area contributed by atoms with Gasteiger partial charge in [-0.05, 0) is 29.2 Å². The third-order valence-corrected chi connectivity index (χ3v) is 5.03.